The minimum Gasteiger partial charge on any atom is -0.359 e. The molecule has 114 valence electrons. The van der Waals surface area contributed by atoms with Gasteiger partial charge in [-0.1, -0.05) is 60.7 Å². The lowest BCUT2D eigenvalue weighted by atomic mass is 10.4. The van der Waals surface area contributed by atoms with Crippen LogP contribution in [0.3, 0.4) is 0 Å². The van der Waals surface area contributed by atoms with Crippen LogP contribution < -0.4 is 14.9 Å². The van der Waals surface area contributed by atoms with E-state index in [1.807, 2.05) is 0 Å². The first-order valence-corrected chi connectivity index (χ1v) is 10.1. The Morgan fingerprint density at radius 2 is 1.35 bits per heavy atom. The van der Waals surface area contributed by atoms with Gasteiger partial charge in [0, 0.05) is 6.54 Å². The predicted molar refractivity (Wildman–Crippen MR) is 94.5 cm³/mol. The van der Waals surface area contributed by atoms with E-state index in [1.54, 1.807) is 12.7 Å². The zero-order valence-electron chi connectivity index (χ0n) is 12.8. The first-order valence-electron chi connectivity index (χ1n) is 7.92. The van der Waals surface area contributed by atoms with Gasteiger partial charge in [-0.05, 0) is 22.8 Å². The van der Waals surface area contributed by atoms with E-state index in [0.29, 0.717) is 0 Å². The largest absolute Gasteiger partial charge is 0.359 e. The topological polar surface area (TPSA) is 41.9 Å². The molecule has 2 aromatic carbocycles. The van der Waals surface area contributed by atoms with Gasteiger partial charge in [0.05, 0.1) is 0 Å². The standard InChI is InChI=1S/C18H18N4Si/c1-3-8-16(9-4-1)23(17-10-5-2-6-11-17)13-7-12-22(23)18-20-14-19-15-21-18/h1-6,8-11,14-15H,7,12-13H2. The van der Waals surface area contributed by atoms with Crippen molar-refractivity contribution in [2.75, 3.05) is 11.1 Å². The number of benzene rings is 2. The van der Waals surface area contributed by atoms with E-state index in [1.165, 1.54) is 22.8 Å². The van der Waals surface area contributed by atoms with Crippen LogP contribution in [0.25, 0.3) is 0 Å². The van der Waals surface area contributed by atoms with Gasteiger partial charge in [0.1, 0.15) is 12.7 Å². The molecule has 1 aliphatic heterocycles. The zero-order valence-corrected chi connectivity index (χ0v) is 13.8. The van der Waals surface area contributed by atoms with Crippen LogP contribution in [0, 0.1) is 0 Å². The molecule has 0 amide bonds. The molecule has 0 aliphatic carbocycles. The van der Waals surface area contributed by atoms with Crippen molar-refractivity contribution in [1.29, 1.82) is 0 Å². The number of aromatic nitrogens is 3. The Morgan fingerprint density at radius 3 is 1.91 bits per heavy atom. The Bertz CT molecular complexity index is 725. The van der Waals surface area contributed by atoms with Crippen LogP contribution in [0.1, 0.15) is 6.42 Å². The molecule has 23 heavy (non-hydrogen) atoms. The Morgan fingerprint density at radius 1 is 0.783 bits per heavy atom. The van der Waals surface area contributed by atoms with Crippen LogP contribution in [-0.4, -0.2) is 29.7 Å². The quantitative estimate of drug-likeness (QED) is 0.691. The van der Waals surface area contributed by atoms with Crippen LogP contribution >= 0.6 is 0 Å². The highest BCUT2D eigenvalue weighted by Gasteiger charge is 2.48. The second kappa shape index (κ2) is 5.93. The Balaban J connectivity index is 1.93. The number of nitrogens with zero attached hydrogens (tertiary/aromatic N) is 4. The highest BCUT2D eigenvalue weighted by Crippen LogP contribution is 2.29. The third-order valence-corrected chi connectivity index (χ3v) is 9.60. The molecule has 0 spiro atoms. The van der Waals surface area contributed by atoms with Crippen LogP contribution in [0.15, 0.2) is 73.3 Å². The summed E-state index contributed by atoms with van der Waals surface area (Å²) in [6, 6.07) is 22.9. The Kier molecular flexibility index (Phi) is 3.63. The first-order chi connectivity index (χ1) is 11.4. The van der Waals surface area contributed by atoms with Gasteiger partial charge in [-0.15, -0.1) is 0 Å². The second-order valence-electron chi connectivity index (χ2n) is 5.79. The van der Waals surface area contributed by atoms with E-state index >= 15 is 0 Å². The molecular formula is C18H18N4Si. The van der Waals surface area contributed by atoms with Crippen LogP contribution in [-0.2, 0) is 0 Å². The van der Waals surface area contributed by atoms with Crippen molar-refractivity contribution < 1.29 is 0 Å². The fourth-order valence-corrected chi connectivity index (χ4v) is 8.62. The smallest absolute Gasteiger partial charge is 0.223 e. The van der Waals surface area contributed by atoms with Crippen molar-refractivity contribution in [3.05, 3.63) is 73.3 Å². The van der Waals surface area contributed by atoms with Gasteiger partial charge in [0.2, 0.25) is 14.2 Å². The van der Waals surface area contributed by atoms with Crippen molar-refractivity contribution in [2.45, 2.75) is 12.5 Å². The van der Waals surface area contributed by atoms with Crippen molar-refractivity contribution in [3.63, 3.8) is 0 Å². The lowest BCUT2D eigenvalue weighted by Gasteiger charge is -2.37. The van der Waals surface area contributed by atoms with Gasteiger partial charge in [-0.3, -0.25) is 0 Å². The minimum absolute atomic E-state index is 0.803. The highest BCUT2D eigenvalue weighted by molar-refractivity contribution is 7.05. The fraction of sp³-hybridized carbons (Fsp3) is 0.167. The molecule has 0 bridgehead atoms. The number of anilines is 1. The maximum atomic E-state index is 4.45. The first kappa shape index (κ1) is 14.1. The maximum absolute atomic E-state index is 4.45. The van der Waals surface area contributed by atoms with Gasteiger partial charge in [0.25, 0.3) is 0 Å². The minimum atomic E-state index is -2.07. The molecule has 1 saturated heterocycles. The number of rotatable bonds is 3. The molecule has 1 aliphatic rings. The summed E-state index contributed by atoms with van der Waals surface area (Å²) in [5.74, 6) is 0.803. The predicted octanol–water partition coefficient (Wildman–Crippen LogP) is 1.84. The third kappa shape index (κ3) is 2.33. The van der Waals surface area contributed by atoms with E-state index in [2.05, 4.69) is 80.2 Å². The molecule has 0 atom stereocenters. The summed E-state index contributed by atoms with van der Waals surface area (Å²) in [7, 11) is -2.07. The van der Waals surface area contributed by atoms with Crippen LogP contribution in [0.4, 0.5) is 5.95 Å². The van der Waals surface area contributed by atoms with Crippen molar-refractivity contribution in [3.8, 4) is 0 Å². The second-order valence-corrected chi connectivity index (χ2v) is 9.70. The van der Waals surface area contributed by atoms with Crippen molar-refractivity contribution >= 4 is 24.6 Å². The molecule has 4 rings (SSSR count). The van der Waals surface area contributed by atoms with Gasteiger partial charge < -0.3 is 4.57 Å². The number of hydrogen-bond acceptors (Lipinski definition) is 4. The van der Waals surface area contributed by atoms with Gasteiger partial charge in [-0.25, -0.2) is 15.0 Å². The molecule has 2 heterocycles. The molecule has 0 saturated carbocycles. The summed E-state index contributed by atoms with van der Waals surface area (Å²) >= 11 is 0. The normalized spacial score (nSPS) is 16.4. The summed E-state index contributed by atoms with van der Waals surface area (Å²) in [4.78, 5) is 12.9. The van der Waals surface area contributed by atoms with E-state index in [-0.39, 0.29) is 0 Å². The molecule has 0 N–H and O–H groups in total. The SMILES string of the molecule is c1ccc([Si]2(c3ccccc3)CCCN2c2ncncn2)cc1. The van der Waals surface area contributed by atoms with E-state index in [4.69, 9.17) is 0 Å². The van der Waals surface area contributed by atoms with E-state index in [9.17, 15) is 0 Å². The summed E-state index contributed by atoms with van der Waals surface area (Å²) in [6.45, 7) is 1.00. The van der Waals surface area contributed by atoms with Gasteiger partial charge in [-0.2, -0.15) is 0 Å². The lowest BCUT2D eigenvalue weighted by molar-refractivity contribution is 0.922. The van der Waals surface area contributed by atoms with Crippen molar-refractivity contribution in [1.82, 2.24) is 15.0 Å². The molecular weight excluding hydrogens is 300 g/mol. The Labute approximate surface area is 137 Å². The monoisotopic (exact) mass is 318 g/mol. The molecule has 3 aromatic rings. The molecule has 5 heteroatoms. The molecule has 0 radical (unpaired) electrons. The molecule has 0 unspecified atom stereocenters. The maximum Gasteiger partial charge on any atom is 0.223 e. The summed E-state index contributed by atoms with van der Waals surface area (Å²) < 4.78 is 2.46. The lowest BCUT2D eigenvalue weighted by Crippen LogP contribution is -2.67. The zero-order chi connectivity index (χ0) is 15.5. The van der Waals surface area contributed by atoms with Gasteiger partial charge >= 0.3 is 0 Å². The summed E-state index contributed by atoms with van der Waals surface area (Å²) in [5, 5.41) is 2.84. The molecule has 4 nitrogen and oxygen atoms in total. The number of hydrogen-bond donors (Lipinski definition) is 0. The summed E-state index contributed by atoms with van der Waals surface area (Å²) in [5.41, 5.74) is 0. The van der Waals surface area contributed by atoms with Crippen molar-refractivity contribution in [2.24, 2.45) is 0 Å². The van der Waals surface area contributed by atoms with Crippen LogP contribution in [0.2, 0.25) is 6.04 Å². The fourth-order valence-electron chi connectivity index (χ4n) is 3.66. The highest BCUT2D eigenvalue weighted by atomic mass is 28.3. The molecule has 1 aromatic heterocycles. The van der Waals surface area contributed by atoms with E-state index < -0.39 is 8.24 Å². The molecule has 1 fully saturated rings. The van der Waals surface area contributed by atoms with Crippen LogP contribution in [0.5, 0.6) is 0 Å². The van der Waals surface area contributed by atoms with E-state index in [0.717, 1.165) is 12.5 Å². The Hall–Kier alpha value is -2.53. The average molecular weight is 318 g/mol. The average Bonchev–Trinajstić information content (AvgIpc) is 3.10. The third-order valence-electron chi connectivity index (χ3n) is 4.60. The van der Waals surface area contributed by atoms with Gasteiger partial charge in [0.15, 0.2) is 0 Å². The summed E-state index contributed by atoms with van der Waals surface area (Å²) in [6.07, 6.45) is 4.35.